The van der Waals surface area contributed by atoms with Crippen molar-refractivity contribution in [1.82, 2.24) is 0 Å². The van der Waals surface area contributed by atoms with E-state index in [1.54, 1.807) is 0 Å². The van der Waals surface area contributed by atoms with Gasteiger partial charge in [0.15, 0.2) is 7.14 Å². The molecule has 0 saturated heterocycles. The van der Waals surface area contributed by atoms with Gasteiger partial charge < -0.3 is 24.2 Å². The van der Waals surface area contributed by atoms with Crippen LogP contribution in [-0.4, -0.2) is 13.4 Å². The monoisotopic (exact) mass is 962 g/mol. The number of hydrogen-bond acceptors (Lipinski definition) is 5. The molecule has 15 rings (SSSR count). The maximum Gasteiger partial charge on any atom is 0.252 e. The summed E-state index contributed by atoms with van der Waals surface area (Å²) in [7, 11) is -3.63. The summed E-state index contributed by atoms with van der Waals surface area (Å²) < 4.78 is 17.5. The Morgan fingerprint density at radius 3 is 0.878 bits per heavy atom. The summed E-state index contributed by atoms with van der Waals surface area (Å²) in [6.07, 6.45) is 0. The number of para-hydroxylation sites is 6. The van der Waals surface area contributed by atoms with Crippen LogP contribution in [-0.2, 0) is 4.57 Å². The van der Waals surface area contributed by atoms with Gasteiger partial charge in [-0.15, -0.1) is 0 Å². The predicted octanol–water partition coefficient (Wildman–Crippen LogP) is 11.5. The zero-order chi connectivity index (χ0) is 48.9. The number of benzene rings is 11. The number of nitrogens with zero attached hydrogens (tertiary/aromatic N) is 4. The standard InChI is InChI=1S/C66H45B2N4OP/c73-74(50-30-14-5-15-31-50,51-40-42-59-55(44-51)67-53-32-16-18-34-57(53)69(46-22-6-1-7-23-46)61-36-20-38-63(65(61)67)71(59)48-26-10-3-11-27-48)52-41-43-60-56(45-52)68-54-33-17-19-35-58(54)70(47-24-8-2-9-25-47)62-37-21-39-64(66(62)68)72(60)49-28-12-4-13-29-49/h1-45H. The molecule has 0 aromatic heterocycles. The Labute approximate surface area is 432 Å². The molecule has 11 aromatic carbocycles. The second-order valence-electron chi connectivity index (χ2n) is 19.5. The van der Waals surface area contributed by atoms with Crippen molar-refractivity contribution >= 4 is 138 Å². The van der Waals surface area contributed by atoms with Gasteiger partial charge in [0.1, 0.15) is 0 Å². The number of rotatable bonds is 7. The lowest BCUT2D eigenvalue weighted by Crippen LogP contribution is -2.62. The molecule has 0 N–H and O–H groups in total. The zero-order valence-electron chi connectivity index (χ0n) is 40.3. The Balaban J connectivity index is 0.976. The maximum absolute atomic E-state index is 17.5. The average molecular weight is 963 g/mol. The molecule has 0 saturated carbocycles. The molecular weight excluding hydrogens is 917 g/mol. The van der Waals surface area contributed by atoms with Crippen LogP contribution < -0.4 is 68.3 Å². The molecule has 0 amide bonds. The summed E-state index contributed by atoms with van der Waals surface area (Å²) >= 11 is 0. The largest absolute Gasteiger partial charge is 0.311 e. The van der Waals surface area contributed by atoms with Gasteiger partial charge in [0.25, 0.3) is 13.4 Å². The number of fused-ring (bicyclic) bond motifs is 8. The smallest absolute Gasteiger partial charge is 0.252 e. The molecule has 8 heteroatoms. The van der Waals surface area contributed by atoms with Crippen molar-refractivity contribution in [2.24, 2.45) is 0 Å². The Morgan fingerprint density at radius 1 is 0.243 bits per heavy atom. The fourth-order valence-corrected chi connectivity index (χ4v) is 15.3. The third-order valence-corrected chi connectivity index (χ3v) is 18.7. The molecule has 0 radical (unpaired) electrons. The fourth-order valence-electron chi connectivity index (χ4n) is 12.7. The van der Waals surface area contributed by atoms with Gasteiger partial charge in [-0.1, -0.05) is 164 Å². The Kier molecular flexibility index (Phi) is 9.67. The lowest BCUT2D eigenvalue weighted by atomic mass is 9.33. The van der Waals surface area contributed by atoms with E-state index < -0.39 is 7.14 Å². The van der Waals surface area contributed by atoms with Crippen molar-refractivity contribution in [3.63, 3.8) is 0 Å². The lowest BCUT2D eigenvalue weighted by molar-refractivity contribution is 0.592. The SMILES string of the molecule is O=P(c1ccccc1)(c1ccc2c(c1)B1c3ccccc3N(c3ccccc3)c3cccc(c31)N2c1ccccc1)c1ccc2c(c1)B1c3ccccc3N(c3ccccc3)c3cccc(c31)N2c1ccccc1. The molecule has 0 atom stereocenters. The second-order valence-corrected chi connectivity index (χ2v) is 22.3. The van der Waals surface area contributed by atoms with Crippen LogP contribution in [0.5, 0.6) is 0 Å². The normalized spacial score (nSPS) is 13.6. The number of hydrogen-bond donors (Lipinski definition) is 0. The van der Waals surface area contributed by atoms with Crippen molar-refractivity contribution < 1.29 is 4.57 Å². The van der Waals surface area contributed by atoms with E-state index in [0.717, 1.165) is 95.1 Å². The summed E-state index contributed by atoms with van der Waals surface area (Å²) in [5, 5.41) is 2.40. The number of anilines is 12. The molecule has 4 aliphatic heterocycles. The highest BCUT2D eigenvalue weighted by atomic mass is 31.2. The first-order valence-electron chi connectivity index (χ1n) is 25.4. The molecule has 11 aromatic rings. The molecular formula is C66H45B2N4OP. The van der Waals surface area contributed by atoms with Crippen LogP contribution in [0.2, 0.25) is 0 Å². The van der Waals surface area contributed by atoms with E-state index in [1.807, 2.05) is 18.2 Å². The van der Waals surface area contributed by atoms with Crippen molar-refractivity contribution in [3.05, 3.63) is 273 Å². The molecule has 0 unspecified atom stereocenters. The Morgan fingerprint density at radius 2 is 0.527 bits per heavy atom. The van der Waals surface area contributed by atoms with Crippen LogP contribution in [0, 0.1) is 0 Å². The topological polar surface area (TPSA) is 30.0 Å². The first kappa shape index (κ1) is 42.6. The van der Waals surface area contributed by atoms with Crippen molar-refractivity contribution in [2.45, 2.75) is 0 Å². The van der Waals surface area contributed by atoms with Gasteiger partial charge in [-0.2, -0.15) is 0 Å². The average Bonchev–Trinajstić information content (AvgIpc) is 3.50. The van der Waals surface area contributed by atoms with E-state index >= 15 is 4.57 Å². The van der Waals surface area contributed by atoms with Gasteiger partial charge in [-0.25, -0.2) is 0 Å². The highest BCUT2D eigenvalue weighted by Gasteiger charge is 2.46. The van der Waals surface area contributed by atoms with Crippen LogP contribution in [0.4, 0.5) is 68.2 Å². The summed E-state index contributed by atoms with van der Waals surface area (Å²) in [5.41, 5.74) is 20.4. The lowest BCUT2D eigenvalue weighted by Gasteiger charge is -2.44. The van der Waals surface area contributed by atoms with Crippen molar-refractivity contribution in [3.8, 4) is 0 Å². The van der Waals surface area contributed by atoms with Gasteiger partial charge >= 0.3 is 0 Å². The summed E-state index contributed by atoms with van der Waals surface area (Å²) in [6.45, 7) is -0.277. The van der Waals surface area contributed by atoms with Crippen molar-refractivity contribution in [2.75, 3.05) is 19.6 Å². The first-order chi connectivity index (χ1) is 36.6. The summed E-state index contributed by atoms with van der Waals surface area (Å²) in [6, 6.07) is 97.4. The van der Waals surface area contributed by atoms with E-state index in [0.29, 0.717) is 0 Å². The predicted molar refractivity (Wildman–Crippen MR) is 314 cm³/mol. The quantitative estimate of drug-likeness (QED) is 0.117. The molecule has 0 fully saturated rings. The third kappa shape index (κ3) is 6.24. The van der Waals surface area contributed by atoms with Crippen LogP contribution in [0.3, 0.4) is 0 Å². The highest BCUT2D eigenvalue weighted by Crippen LogP contribution is 2.49. The van der Waals surface area contributed by atoms with E-state index in [2.05, 4.69) is 274 Å². The van der Waals surface area contributed by atoms with E-state index in [-0.39, 0.29) is 13.4 Å². The van der Waals surface area contributed by atoms with Gasteiger partial charge in [0.2, 0.25) is 0 Å². The highest BCUT2D eigenvalue weighted by molar-refractivity contribution is 7.85. The second kappa shape index (κ2) is 16.8. The van der Waals surface area contributed by atoms with Gasteiger partial charge in [-0.3, -0.25) is 0 Å². The minimum atomic E-state index is -3.63. The van der Waals surface area contributed by atoms with Crippen LogP contribution in [0.1, 0.15) is 0 Å². The minimum absolute atomic E-state index is 0.138. The molecule has 5 nitrogen and oxygen atoms in total. The molecule has 0 aliphatic carbocycles. The molecule has 74 heavy (non-hydrogen) atoms. The van der Waals surface area contributed by atoms with Crippen LogP contribution in [0.15, 0.2) is 273 Å². The van der Waals surface area contributed by atoms with E-state index in [4.69, 9.17) is 0 Å². The van der Waals surface area contributed by atoms with Gasteiger partial charge in [0, 0.05) is 84.2 Å². The summed E-state index contributed by atoms with van der Waals surface area (Å²) in [4.78, 5) is 9.64. The van der Waals surface area contributed by atoms with Gasteiger partial charge in [-0.05, 0) is 142 Å². The Hall–Kier alpha value is -9.02. The molecule has 0 spiro atoms. The zero-order valence-corrected chi connectivity index (χ0v) is 41.2. The molecule has 4 aliphatic rings. The summed E-state index contributed by atoms with van der Waals surface area (Å²) in [5.74, 6) is 0. The van der Waals surface area contributed by atoms with E-state index in [1.165, 1.54) is 21.9 Å². The fraction of sp³-hybridized carbons (Fsp3) is 0. The minimum Gasteiger partial charge on any atom is -0.311 e. The van der Waals surface area contributed by atoms with Gasteiger partial charge in [0.05, 0.1) is 0 Å². The van der Waals surface area contributed by atoms with Crippen LogP contribution in [0.25, 0.3) is 0 Å². The molecule has 346 valence electrons. The Bertz CT molecular complexity index is 3780. The first-order valence-corrected chi connectivity index (χ1v) is 27.1. The van der Waals surface area contributed by atoms with Crippen molar-refractivity contribution in [1.29, 1.82) is 0 Å². The van der Waals surface area contributed by atoms with E-state index in [9.17, 15) is 0 Å². The maximum atomic E-state index is 17.5. The third-order valence-electron chi connectivity index (χ3n) is 15.7. The molecule has 0 bridgehead atoms. The van der Waals surface area contributed by atoms with Crippen LogP contribution >= 0.6 is 7.14 Å². The molecule has 4 heterocycles.